The molecule has 182 valence electrons. The highest BCUT2D eigenvalue weighted by atomic mass is 32.2. The van der Waals surface area contributed by atoms with Crippen LogP contribution in [0.2, 0.25) is 0 Å². The molecule has 0 heterocycles. The number of amides is 1. The lowest BCUT2D eigenvalue weighted by molar-refractivity contribution is -0.205. The van der Waals surface area contributed by atoms with E-state index in [-0.39, 0.29) is 5.75 Å². The summed E-state index contributed by atoms with van der Waals surface area (Å²) in [7, 11) is -3.48. The molecule has 0 bridgehead atoms. The van der Waals surface area contributed by atoms with Crippen LogP contribution in [0.5, 0.6) is 5.75 Å². The van der Waals surface area contributed by atoms with Gasteiger partial charge in [-0.15, -0.1) is 0 Å². The number of aliphatic hydroxyl groups excluding tert-OH is 3. The molecule has 1 amide bonds. The van der Waals surface area contributed by atoms with Gasteiger partial charge in [-0.05, 0) is 43.2 Å². The van der Waals surface area contributed by atoms with Crippen molar-refractivity contribution in [3.63, 3.8) is 0 Å². The molecular formula is C22H30N2O8S. The van der Waals surface area contributed by atoms with Crippen LogP contribution in [-0.4, -0.2) is 67.2 Å². The largest absolute Gasteiger partial charge is 0.459 e. The predicted molar refractivity (Wildman–Crippen MR) is 123 cm³/mol. The summed E-state index contributed by atoms with van der Waals surface area (Å²) in [6, 6.07) is 11.8. The molecule has 0 saturated heterocycles. The summed E-state index contributed by atoms with van der Waals surface area (Å²) in [4.78, 5) is 11.5. The van der Waals surface area contributed by atoms with Crippen molar-refractivity contribution in [2.45, 2.75) is 45.5 Å². The van der Waals surface area contributed by atoms with Gasteiger partial charge in [-0.2, -0.15) is 0 Å². The molecule has 0 radical (unpaired) electrons. The van der Waals surface area contributed by atoms with Crippen molar-refractivity contribution in [3.8, 4) is 16.9 Å². The third-order valence-corrected chi connectivity index (χ3v) is 5.17. The van der Waals surface area contributed by atoms with E-state index in [0.29, 0.717) is 16.8 Å². The molecule has 0 aliphatic rings. The number of nitrogens with one attached hydrogen (secondary N) is 2. The molecule has 10 nitrogen and oxygen atoms in total. The van der Waals surface area contributed by atoms with Crippen LogP contribution >= 0.6 is 0 Å². The van der Waals surface area contributed by atoms with Crippen molar-refractivity contribution in [2.75, 3.05) is 17.6 Å². The lowest BCUT2D eigenvalue weighted by Gasteiger charge is -2.30. The normalized spacial score (nSPS) is 15.2. The number of aliphatic hydroxyl groups is 3. The van der Waals surface area contributed by atoms with Gasteiger partial charge in [0.1, 0.15) is 11.9 Å². The van der Waals surface area contributed by atoms with E-state index in [2.05, 4.69) is 10.0 Å². The number of hydrogen-bond acceptors (Lipinski definition) is 8. The fourth-order valence-electron chi connectivity index (χ4n) is 3.11. The lowest BCUT2D eigenvalue weighted by atomic mass is 9.99. The third-order valence-electron chi connectivity index (χ3n) is 4.57. The monoisotopic (exact) mass is 482 g/mol. The summed E-state index contributed by atoms with van der Waals surface area (Å²) < 4.78 is 37.2. The second kappa shape index (κ2) is 11.4. The Morgan fingerprint density at radius 1 is 1.15 bits per heavy atom. The summed E-state index contributed by atoms with van der Waals surface area (Å²) >= 11 is 0. The number of rotatable bonds is 11. The van der Waals surface area contributed by atoms with Gasteiger partial charge >= 0.3 is 0 Å². The third kappa shape index (κ3) is 7.98. The van der Waals surface area contributed by atoms with Crippen LogP contribution < -0.4 is 14.8 Å². The van der Waals surface area contributed by atoms with E-state index in [9.17, 15) is 28.5 Å². The van der Waals surface area contributed by atoms with Crippen LogP contribution in [0.4, 0.5) is 5.69 Å². The first-order valence-corrected chi connectivity index (χ1v) is 12.0. The number of carbonyl (C=O) groups is 1. The average molecular weight is 483 g/mol. The minimum absolute atomic E-state index is 0.267. The fraction of sp³-hybridized carbons (Fsp3) is 0.409. The van der Waals surface area contributed by atoms with Crippen LogP contribution in [0.15, 0.2) is 42.5 Å². The van der Waals surface area contributed by atoms with E-state index in [1.165, 1.54) is 13.8 Å². The van der Waals surface area contributed by atoms with E-state index in [0.717, 1.165) is 11.8 Å². The molecule has 5 N–H and O–H groups in total. The molecule has 11 heteroatoms. The Kier molecular flexibility index (Phi) is 9.20. The van der Waals surface area contributed by atoms with Gasteiger partial charge in [-0.1, -0.05) is 24.3 Å². The highest BCUT2D eigenvalue weighted by Crippen LogP contribution is 2.35. The van der Waals surface area contributed by atoms with E-state index < -0.39 is 47.3 Å². The van der Waals surface area contributed by atoms with Crippen molar-refractivity contribution in [3.05, 3.63) is 48.0 Å². The Balaban J connectivity index is 2.47. The van der Waals surface area contributed by atoms with Crippen molar-refractivity contribution < 1.29 is 38.0 Å². The van der Waals surface area contributed by atoms with Gasteiger partial charge in [0.15, 0.2) is 6.23 Å². The summed E-state index contributed by atoms with van der Waals surface area (Å²) in [6.45, 7) is 3.88. The van der Waals surface area contributed by atoms with Crippen LogP contribution in [0.3, 0.4) is 0 Å². The Hall–Kier alpha value is -2.70. The first-order valence-electron chi connectivity index (χ1n) is 10.2. The second-order valence-corrected chi connectivity index (χ2v) is 9.38. The topological polar surface area (TPSA) is 154 Å². The van der Waals surface area contributed by atoms with Crippen molar-refractivity contribution in [1.29, 1.82) is 0 Å². The van der Waals surface area contributed by atoms with Gasteiger partial charge < -0.3 is 30.1 Å². The Morgan fingerprint density at radius 2 is 1.82 bits per heavy atom. The quantitative estimate of drug-likeness (QED) is 0.297. The standard InChI is InChI=1S/C22H30N2O8S/c1-13-7-5-10-18(20(13)16-8-6-9-17(11-16)24-33(4,29)30)31-22(21(28)23-15(3)27)32-19(12-25)14(2)26/h5-11,14,19,21-22,24-26,28H,12H2,1-4H3,(H,23,27). The number of sulfonamides is 1. The zero-order valence-corrected chi connectivity index (χ0v) is 19.7. The molecule has 2 aromatic carbocycles. The number of carbonyl (C=O) groups excluding carboxylic acids is 1. The molecule has 2 rings (SSSR count). The Morgan fingerprint density at radius 3 is 2.39 bits per heavy atom. The van der Waals surface area contributed by atoms with E-state index in [1.807, 2.05) is 13.0 Å². The van der Waals surface area contributed by atoms with Crippen LogP contribution in [0, 0.1) is 6.92 Å². The summed E-state index contributed by atoms with van der Waals surface area (Å²) in [5.74, 6) is -0.274. The molecule has 4 unspecified atom stereocenters. The fourth-order valence-corrected chi connectivity index (χ4v) is 3.67. The molecule has 0 fully saturated rings. The maximum atomic E-state index is 11.6. The van der Waals surface area contributed by atoms with Gasteiger partial charge in [0.2, 0.25) is 22.2 Å². The van der Waals surface area contributed by atoms with Gasteiger partial charge in [0, 0.05) is 18.2 Å². The van der Waals surface area contributed by atoms with Crippen LogP contribution in [-0.2, 0) is 19.6 Å². The minimum Gasteiger partial charge on any atom is -0.459 e. The molecule has 2 aromatic rings. The zero-order chi connectivity index (χ0) is 24.8. The predicted octanol–water partition coefficient (Wildman–Crippen LogP) is 0.951. The first-order chi connectivity index (χ1) is 15.4. The molecular weight excluding hydrogens is 452 g/mol. The summed E-state index contributed by atoms with van der Waals surface area (Å²) in [5.41, 5.74) is 2.35. The van der Waals surface area contributed by atoms with Gasteiger partial charge in [0.05, 0.1) is 19.0 Å². The van der Waals surface area contributed by atoms with E-state index in [4.69, 9.17) is 9.47 Å². The smallest absolute Gasteiger partial charge is 0.245 e. The molecule has 0 aromatic heterocycles. The number of ether oxygens (including phenoxy) is 2. The van der Waals surface area contributed by atoms with Crippen LogP contribution in [0.25, 0.3) is 11.1 Å². The molecule has 0 saturated carbocycles. The molecule has 4 atom stereocenters. The Bertz CT molecular complexity index is 1060. The van der Waals surface area contributed by atoms with E-state index in [1.54, 1.807) is 36.4 Å². The van der Waals surface area contributed by atoms with Gasteiger partial charge in [-0.3, -0.25) is 9.52 Å². The molecule has 0 aliphatic carbocycles. The van der Waals surface area contributed by atoms with Crippen molar-refractivity contribution >= 4 is 21.6 Å². The average Bonchev–Trinajstić information content (AvgIpc) is 2.69. The molecule has 0 aliphatic heterocycles. The second-order valence-electron chi connectivity index (χ2n) is 7.63. The number of aryl methyl sites for hydroxylation is 1. The van der Waals surface area contributed by atoms with Crippen molar-refractivity contribution in [1.82, 2.24) is 5.32 Å². The lowest BCUT2D eigenvalue weighted by Crippen LogP contribution is -2.49. The highest BCUT2D eigenvalue weighted by molar-refractivity contribution is 7.92. The van der Waals surface area contributed by atoms with Crippen molar-refractivity contribution in [2.24, 2.45) is 0 Å². The Labute approximate surface area is 193 Å². The maximum absolute atomic E-state index is 11.6. The van der Waals surface area contributed by atoms with Crippen LogP contribution in [0.1, 0.15) is 19.4 Å². The molecule has 0 spiro atoms. The van der Waals surface area contributed by atoms with E-state index >= 15 is 0 Å². The van der Waals surface area contributed by atoms with Gasteiger partial charge in [-0.25, -0.2) is 8.42 Å². The first kappa shape index (κ1) is 26.6. The van der Waals surface area contributed by atoms with Gasteiger partial charge in [0.25, 0.3) is 0 Å². The number of anilines is 1. The molecule has 33 heavy (non-hydrogen) atoms. The number of hydrogen-bond donors (Lipinski definition) is 5. The number of benzene rings is 2. The summed E-state index contributed by atoms with van der Waals surface area (Å²) in [5, 5.41) is 32.0. The summed E-state index contributed by atoms with van der Waals surface area (Å²) in [6.07, 6.45) is -4.21. The SMILES string of the molecule is CC(=O)NC(O)C(Oc1cccc(C)c1-c1cccc(NS(C)(=O)=O)c1)OC(CO)C(C)O. The maximum Gasteiger partial charge on any atom is 0.245 e. The minimum atomic E-state index is -3.48. The zero-order valence-electron chi connectivity index (χ0n) is 18.8. The highest BCUT2D eigenvalue weighted by Gasteiger charge is 2.29.